The molecule has 0 bridgehead atoms. The Balaban J connectivity index is 1.82. The Morgan fingerprint density at radius 1 is 1.23 bits per heavy atom. The highest BCUT2D eigenvalue weighted by Crippen LogP contribution is 2.22. The van der Waals surface area contributed by atoms with Crippen LogP contribution in [0.15, 0.2) is 52.2 Å². The largest absolute Gasteiger partial charge is 0.389 e. The van der Waals surface area contributed by atoms with Crippen LogP contribution in [0.5, 0.6) is 0 Å². The van der Waals surface area contributed by atoms with E-state index in [1.165, 1.54) is 0 Å². The number of rotatable bonds is 5. The fourth-order valence-electron chi connectivity index (χ4n) is 2.13. The molecule has 0 aliphatic carbocycles. The zero-order valence-electron chi connectivity index (χ0n) is 13.7. The molecule has 0 unspecified atom stereocenters. The smallest absolute Gasteiger partial charge is 0.203 e. The van der Waals surface area contributed by atoms with Gasteiger partial charge in [-0.2, -0.15) is 0 Å². The summed E-state index contributed by atoms with van der Waals surface area (Å²) < 4.78 is 4.65. The van der Waals surface area contributed by atoms with E-state index in [-0.39, 0.29) is 24.0 Å². The first-order chi connectivity index (χ1) is 12.5. The maximum Gasteiger partial charge on any atom is 0.203 e. The summed E-state index contributed by atoms with van der Waals surface area (Å²) in [5, 5.41) is 15.6. The van der Waals surface area contributed by atoms with Crippen molar-refractivity contribution in [1.82, 2.24) is 10.3 Å². The van der Waals surface area contributed by atoms with Crippen molar-refractivity contribution in [3.63, 3.8) is 0 Å². The first-order valence-electron chi connectivity index (χ1n) is 7.59. The predicted molar refractivity (Wildman–Crippen MR) is 101 cm³/mol. The van der Waals surface area contributed by atoms with Crippen molar-refractivity contribution in [2.75, 3.05) is 11.1 Å². The Morgan fingerprint density at radius 2 is 2.04 bits per heavy atom. The molecule has 0 spiro atoms. The molecule has 3 aromatic rings. The molecule has 1 heterocycles. The first kappa shape index (κ1) is 18.0. The van der Waals surface area contributed by atoms with E-state index >= 15 is 0 Å². The SMILES string of the molecule is Cc1ccccc1N/C(=N\OCc1ccc(Cl)cc1Cl)c1nonc1N. The number of para-hydroxylation sites is 1. The first-order valence-corrected chi connectivity index (χ1v) is 8.35. The standard InChI is InChI=1S/C17H15Cl2N5O2/c1-10-4-2-3-5-14(10)21-17(15-16(20)23-26-22-15)24-25-9-11-6-7-12(18)8-13(11)19/h2-8H,9H2,1H3,(H2,20,23)(H,21,24). The summed E-state index contributed by atoms with van der Waals surface area (Å²) in [4.78, 5) is 5.43. The molecule has 0 amide bonds. The molecule has 2 aromatic carbocycles. The van der Waals surface area contributed by atoms with Crippen molar-refractivity contribution >= 4 is 40.5 Å². The van der Waals surface area contributed by atoms with Gasteiger partial charge in [-0.3, -0.25) is 0 Å². The van der Waals surface area contributed by atoms with Crippen molar-refractivity contribution in [2.45, 2.75) is 13.5 Å². The van der Waals surface area contributed by atoms with Gasteiger partial charge in [-0.05, 0) is 41.0 Å². The number of hydrogen-bond acceptors (Lipinski definition) is 6. The van der Waals surface area contributed by atoms with Gasteiger partial charge in [0, 0.05) is 21.3 Å². The van der Waals surface area contributed by atoms with Gasteiger partial charge in [-0.15, -0.1) is 0 Å². The fourth-order valence-corrected chi connectivity index (χ4v) is 2.59. The van der Waals surface area contributed by atoms with E-state index in [2.05, 4.69) is 25.4 Å². The van der Waals surface area contributed by atoms with Crippen LogP contribution in [0.25, 0.3) is 0 Å². The number of aryl methyl sites for hydroxylation is 1. The molecule has 7 nitrogen and oxygen atoms in total. The molecule has 0 saturated carbocycles. The van der Waals surface area contributed by atoms with Crippen LogP contribution in [-0.2, 0) is 11.4 Å². The van der Waals surface area contributed by atoms with E-state index < -0.39 is 0 Å². The van der Waals surface area contributed by atoms with E-state index in [0.717, 1.165) is 16.8 Å². The van der Waals surface area contributed by atoms with E-state index in [9.17, 15) is 0 Å². The Labute approximate surface area is 159 Å². The number of hydrogen-bond donors (Lipinski definition) is 2. The van der Waals surface area contributed by atoms with E-state index in [1.54, 1.807) is 18.2 Å². The zero-order valence-corrected chi connectivity index (χ0v) is 15.3. The highest BCUT2D eigenvalue weighted by Gasteiger charge is 2.16. The minimum atomic E-state index is 0.0953. The molecule has 0 aliphatic heterocycles. The Morgan fingerprint density at radius 3 is 2.73 bits per heavy atom. The van der Waals surface area contributed by atoms with Crippen LogP contribution in [0, 0.1) is 6.92 Å². The quantitative estimate of drug-likeness (QED) is 0.383. The highest BCUT2D eigenvalue weighted by atomic mass is 35.5. The minimum absolute atomic E-state index is 0.0953. The van der Waals surface area contributed by atoms with Crippen LogP contribution >= 0.6 is 23.2 Å². The van der Waals surface area contributed by atoms with Gasteiger partial charge in [0.1, 0.15) is 6.61 Å². The number of oxime groups is 1. The lowest BCUT2D eigenvalue weighted by Crippen LogP contribution is -2.17. The summed E-state index contributed by atoms with van der Waals surface area (Å²) in [6.07, 6.45) is 0. The number of anilines is 2. The van der Waals surface area contributed by atoms with Gasteiger partial charge in [-0.25, -0.2) is 4.63 Å². The van der Waals surface area contributed by atoms with Crippen LogP contribution in [0.2, 0.25) is 10.0 Å². The van der Waals surface area contributed by atoms with E-state index in [1.807, 2.05) is 31.2 Å². The summed E-state index contributed by atoms with van der Waals surface area (Å²) in [6, 6.07) is 12.8. The van der Waals surface area contributed by atoms with Gasteiger partial charge >= 0.3 is 0 Å². The van der Waals surface area contributed by atoms with Crippen LogP contribution in [0.4, 0.5) is 11.5 Å². The van der Waals surface area contributed by atoms with Gasteiger partial charge in [0.2, 0.25) is 5.84 Å². The third-order valence-corrected chi connectivity index (χ3v) is 4.11. The number of halogens is 2. The predicted octanol–water partition coefficient (Wildman–Crippen LogP) is 4.26. The molecule has 0 fully saturated rings. The van der Waals surface area contributed by atoms with Gasteiger partial charge in [0.05, 0.1) is 0 Å². The average molecular weight is 392 g/mol. The third-order valence-electron chi connectivity index (χ3n) is 3.53. The fraction of sp³-hybridized carbons (Fsp3) is 0.118. The number of nitrogens with two attached hydrogens (primary N) is 1. The Kier molecular flexibility index (Phi) is 5.60. The molecule has 0 aliphatic rings. The number of benzene rings is 2. The van der Waals surface area contributed by atoms with Gasteiger partial charge < -0.3 is 15.9 Å². The molecular weight excluding hydrogens is 377 g/mol. The van der Waals surface area contributed by atoms with Crippen LogP contribution in [-0.4, -0.2) is 16.1 Å². The monoisotopic (exact) mass is 391 g/mol. The lowest BCUT2D eigenvalue weighted by atomic mass is 10.2. The maximum atomic E-state index is 6.13. The molecular formula is C17H15Cl2N5O2. The Bertz CT molecular complexity index is 942. The minimum Gasteiger partial charge on any atom is -0.389 e. The third kappa shape index (κ3) is 4.25. The highest BCUT2D eigenvalue weighted by molar-refractivity contribution is 6.35. The molecule has 0 saturated heterocycles. The molecule has 26 heavy (non-hydrogen) atoms. The zero-order chi connectivity index (χ0) is 18.5. The number of aromatic nitrogens is 2. The molecule has 1 aromatic heterocycles. The maximum absolute atomic E-state index is 6.13. The molecule has 9 heteroatoms. The lowest BCUT2D eigenvalue weighted by molar-refractivity contribution is 0.130. The normalized spacial score (nSPS) is 11.4. The summed E-state index contributed by atoms with van der Waals surface area (Å²) in [5.74, 6) is 0.362. The van der Waals surface area contributed by atoms with E-state index in [4.69, 9.17) is 33.8 Å². The van der Waals surface area contributed by atoms with Crippen molar-refractivity contribution in [3.05, 3.63) is 69.3 Å². The number of nitrogen functional groups attached to an aromatic ring is 1. The molecule has 0 radical (unpaired) electrons. The Hall–Kier alpha value is -2.77. The average Bonchev–Trinajstić information content (AvgIpc) is 3.03. The number of nitrogens with zero attached hydrogens (tertiary/aromatic N) is 3. The summed E-state index contributed by atoms with van der Waals surface area (Å²) in [6.45, 7) is 2.10. The summed E-state index contributed by atoms with van der Waals surface area (Å²) in [7, 11) is 0. The van der Waals surface area contributed by atoms with Crippen molar-refractivity contribution < 1.29 is 9.47 Å². The molecule has 134 valence electrons. The number of nitrogens with one attached hydrogen (secondary N) is 1. The number of amidine groups is 1. The molecule has 0 atom stereocenters. The summed E-state index contributed by atoms with van der Waals surface area (Å²) in [5.41, 5.74) is 8.59. The second-order valence-electron chi connectivity index (χ2n) is 5.39. The van der Waals surface area contributed by atoms with Gasteiger partial charge in [-0.1, -0.05) is 52.6 Å². The topological polar surface area (TPSA) is 98.6 Å². The van der Waals surface area contributed by atoms with Crippen molar-refractivity contribution in [2.24, 2.45) is 5.16 Å². The van der Waals surface area contributed by atoms with Crippen LogP contribution in [0.3, 0.4) is 0 Å². The van der Waals surface area contributed by atoms with Gasteiger partial charge in [0.15, 0.2) is 11.5 Å². The lowest BCUT2D eigenvalue weighted by Gasteiger charge is -2.10. The molecule has 3 rings (SSSR count). The van der Waals surface area contributed by atoms with Gasteiger partial charge in [0.25, 0.3) is 0 Å². The van der Waals surface area contributed by atoms with Crippen molar-refractivity contribution in [3.8, 4) is 0 Å². The van der Waals surface area contributed by atoms with Crippen LogP contribution in [0.1, 0.15) is 16.8 Å². The molecule has 3 N–H and O–H groups in total. The second kappa shape index (κ2) is 8.07. The van der Waals surface area contributed by atoms with Crippen LogP contribution < -0.4 is 11.1 Å². The summed E-state index contributed by atoms with van der Waals surface area (Å²) >= 11 is 12.0. The second-order valence-corrected chi connectivity index (χ2v) is 6.23. The van der Waals surface area contributed by atoms with E-state index in [0.29, 0.717) is 10.0 Å². The van der Waals surface area contributed by atoms with Crippen molar-refractivity contribution in [1.29, 1.82) is 0 Å².